The predicted molar refractivity (Wildman–Crippen MR) is 88.5 cm³/mol. The van der Waals surface area contributed by atoms with Crippen LogP contribution < -0.4 is 4.74 Å². The summed E-state index contributed by atoms with van der Waals surface area (Å²) in [6.45, 7) is 3.47. The Kier molecular flexibility index (Phi) is 4.65. The lowest BCUT2D eigenvalue weighted by atomic mass is 9.88. The molecule has 0 radical (unpaired) electrons. The lowest BCUT2D eigenvalue weighted by molar-refractivity contribution is -0.135. The second-order valence-corrected chi connectivity index (χ2v) is 6.00. The number of methoxy groups -OCH3 is 1. The van der Waals surface area contributed by atoms with Gasteiger partial charge in [-0.1, -0.05) is 18.2 Å². The number of piperidine rings is 1. The number of nitrogens with zero attached hydrogens (tertiary/aromatic N) is 3. The standard InChI is InChI=1S/C18H23N3O2/c1-14(21-11-5-10-19-21)18(22)20-12-8-15(9-13-20)16-6-3-4-7-17(16)23-2/h3-7,10-11,14-15H,8-9,12-13H2,1-2H3/t14-/m0/s1. The van der Waals surface area contributed by atoms with Gasteiger partial charge in [0.05, 0.1) is 7.11 Å². The van der Waals surface area contributed by atoms with Gasteiger partial charge in [-0.3, -0.25) is 9.48 Å². The van der Waals surface area contributed by atoms with Gasteiger partial charge in [-0.05, 0) is 43.4 Å². The van der Waals surface area contributed by atoms with E-state index in [1.807, 2.05) is 36.2 Å². The van der Waals surface area contributed by atoms with Crippen molar-refractivity contribution in [2.24, 2.45) is 0 Å². The van der Waals surface area contributed by atoms with Crippen molar-refractivity contribution >= 4 is 5.91 Å². The highest BCUT2D eigenvalue weighted by Crippen LogP contribution is 2.34. The van der Waals surface area contributed by atoms with Gasteiger partial charge in [-0.15, -0.1) is 0 Å². The van der Waals surface area contributed by atoms with Crippen molar-refractivity contribution in [1.29, 1.82) is 0 Å². The normalized spacial score (nSPS) is 17.0. The summed E-state index contributed by atoms with van der Waals surface area (Å²) in [6.07, 6.45) is 5.48. The van der Waals surface area contributed by atoms with E-state index in [4.69, 9.17) is 4.74 Å². The van der Waals surface area contributed by atoms with Crippen LogP contribution in [-0.4, -0.2) is 40.8 Å². The molecule has 1 fully saturated rings. The van der Waals surface area contributed by atoms with Crippen LogP contribution in [0.2, 0.25) is 0 Å². The average Bonchev–Trinajstić information content (AvgIpc) is 3.15. The SMILES string of the molecule is COc1ccccc1C1CCN(C(=O)[C@H](C)n2cccn2)CC1. The molecule has 0 spiro atoms. The average molecular weight is 313 g/mol. The summed E-state index contributed by atoms with van der Waals surface area (Å²) in [5, 5.41) is 4.17. The van der Waals surface area contributed by atoms with E-state index < -0.39 is 0 Å². The number of likely N-dealkylation sites (tertiary alicyclic amines) is 1. The highest BCUT2D eigenvalue weighted by molar-refractivity contribution is 5.80. The Labute approximate surface area is 136 Å². The second-order valence-electron chi connectivity index (χ2n) is 6.00. The van der Waals surface area contributed by atoms with E-state index in [-0.39, 0.29) is 11.9 Å². The molecule has 2 heterocycles. The molecule has 122 valence electrons. The van der Waals surface area contributed by atoms with Gasteiger partial charge in [0.25, 0.3) is 0 Å². The smallest absolute Gasteiger partial charge is 0.247 e. The van der Waals surface area contributed by atoms with Gasteiger partial charge in [0, 0.05) is 25.5 Å². The van der Waals surface area contributed by atoms with E-state index in [1.165, 1.54) is 5.56 Å². The molecule has 1 atom stereocenters. The number of rotatable bonds is 4. The Bertz CT molecular complexity index is 646. The van der Waals surface area contributed by atoms with Crippen LogP contribution in [0.25, 0.3) is 0 Å². The van der Waals surface area contributed by atoms with Gasteiger partial charge >= 0.3 is 0 Å². The molecule has 0 N–H and O–H groups in total. The van der Waals surface area contributed by atoms with Gasteiger partial charge in [-0.2, -0.15) is 5.10 Å². The van der Waals surface area contributed by atoms with Crippen molar-refractivity contribution in [3.8, 4) is 5.75 Å². The first-order chi connectivity index (χ1) is 11.2. The Balaban J connectivity index is 1.63. The summed E-state index contributed by atoms with van der Waals surface area (Å²) in [6, 6.07) is 9.78. The maximum absolute atomic E-state index is 12.6. The molecular formula is C18H23N3O2. The number of carbonyl (C=O) groups excluding carboxylic acids is 1. The molecule has 1 amide bonds. The highest BCUT2D eigenvalue weighted by atomic mass is 16.5. The molecule has 5 heteroatoms. The Morgan fingerprint density at radius 1 is 1.26 bits per heavy atom. The molecule has 1 aromatic heterocycles. The van der Waals surface area contributed by atoms with Crippen LogP contribution in [0, 0.1) is 0 Å². The zero-order valence-electron chi connectivity index (χ0n) is 13.7. The maximum Gasteiger partial charge on any atom is 0.247 e. The number of hydrogen-bond acceptors (Lipinski definition) is 3. The van der Waals surface area contributed by atoms with Gasteiger partial charge in [0.2, 0.25) is 5.91 Å². The largest absolute Gasteiger partial charge is 0.496 e. The first-order valence-corrected chi connectivity index (χ1v) is 8.11. The lowest BCUT2D eigenvalue weighted by Gasteiger charge is -2.34. The Hall–Kier alpha value is -2.30. The summed E-state index contributed by atoms with van der Waals surface area (Å²) in [7, 11) is 1.71. The Morgan fingerprint density at radius 3 is 2.65 bits per heavy atom. The number of hydrogen-bond donors (Lipinski definition) is 0. The third kappa shape index (κ3) is 3.23. The van der Waals surface area contributed by atoms with Gasteiger partial charge in [0.15, 0.2) is 0 Å². The van der Waals surface area contributed by atoms with E-state index in [1.54, 1.807) is 18.0 Å². The quantitative estimate of drug-likeness (QED) is 0.872. The lowest BCUT2D eigenvalue weighted by Crippen LogP contribution is -2.41. The van der Waals surface area contributed by atoms with Crippen molar-refractivity contribution in [2.45, 2.75) is 31.7 Å². The minimum atomic E-state index is -0.243. The van der Waals surface area contributed by atoms with Crippen LogP contribution in [0.1, 0.15) is 37.3 Å². The van der Waals surface area contributed by atoms with E-state index >= 15 is 0 Å². The summed E-state index contributed by atoms with van der Waals surface area (Å²) in [5.41, 5.74) is 1.25. The van der Waals surface area contributed by atoms with Crippen molar-refractivity contribution in [3.63, 3.8) is 0 Å². The van der Waals surface area contributed by atoms with E-state index in [9.17, 15) is 4.79 Å². The summed E-state index contributed by atoms with van der Waals surface area (Å²) < 4.78 is 7.18. The topological polar surface area (TPSA) is 47.4 Å². The molecule has 0 bridgehead atoms. The summed E-state index contributed by atoms with van der Waals surface area (Å²) in [5.74, 6) is 1.55. The molecule has 0 unspecified atom stereocenters. The zero-order valence-corrected chi connectivity index (χ0v) is 13.7. The predicted octanol–water partition coefficient (Wildman–Crippen LogP) is 2.86. The van der Waals surface area contributed by atoms with Crippen molar-refractivity contribution in [2.75, 3.05) is 20.2 Å². The van der Waals surface area contributed by atoms with Crippen molar-refractivity contribution in [3.05, 3.63) is 48.3 Å². The number of carbonyl (C=O) groups is 1. The van der Waals surface area contributed by atoms with Crippen LogP contribution in [0.5, 0.6) is 5.75 Å². The summed E-state index contributed by atoms with van der Waals surface area (Å²) >= 11 is 0. The number of amides is 1. The minimum Gasteiger partial charge on any atom is -0.496 e. The highest BCUT2D eigenvalue weighted by Gasteiger charge is 2.28. The van der Waals surface area contributed by atoms with Gasteiger partial charge in [0.1, 0.15) is 11.8 Å². The fourth-order valence-electron chi connectivity index (χ4n) is 3.30. The van der Waals surface area contributed by atoms with Gasteiger partial charge in [-0.25, -0.2) is 0 Å². The fourth-order valence-corrected chi connectivity index (χ4v) is 3.30. The monoisotopic (exact) mass is 313 g/mol. The molecule has 1 aliphatic rings. The van der Waals surface area contributed by atoms with Crippen LogP contribution in [0.4, 0.5) is 0 Å². The number of ether oxygens (including phenoxy) is 1. The van der Waals surface area contributed by atoms with Crippen molar-refractivity contribution < 1.29 is 9.53 Å². The van der Waals surface area contributed by atoms with E-state index in [0.717, 1.165) is 31.7 Å². The number of para-hydroxylation sites is 1. The number of benzene rings is 1. The van der Waals surface area contributed by atoms with E-state index in [0.29, 0.717) is 5.92 Å². The second kappa shape index (κ2) is 6.86. The third-order valence-electron chi connectivity index (χ3n) is 4.66. The maximum atomic E-state index is 12.6. The van der Waals surface area contributed by atoms with Crippen molar-refractivity contribution in [1.82, 2.24) is 14.7 Å². The summed E-state index contributed by atoms with van der Waals surface area (Å²) in [4.78, 5) is 14.6. The first-order valence-electron chi connectivity index (χ1n) is 8.11. The first kappa shape index (κ1) is 15.6. The zero-order chi connectivity index (χ0) is 16.2. The van der Waals surface area contributed by atoms with Crippen LogP contribution >= 0.6 is 0 Å². The van der Waals surface area contributed by atoms with Crippen LogP contribution in [0.15, 0.2) is 42.7 Å². The molecule has 1 aromatic carbocycles. The van der Waals surface area contributed by atoms with Gasteiger partial charge < -0.3 is 9.64 Å². The third-order valence-corrected chi connectivity index (χ3v) is 4.66. The molecular weight excluding hydrogens is 290 g/mol. The Morgan fingerprint density at radius 2 is 2.00 bits per heavy atom. The van der Waals surface area contributed by atoms with Crippen LogP contribution in [-0.2, 0) is 4.79 Å². The molecule has 2 aromatic rings. The molecule has 1 saturated heterocycles. The molecule has 0 saturated carbocycles. The number of aromatic nitrogens is 2. The molecule has 1 aliphatic heterocycles. The molecule has 0 aliphatic carbocycles. The van der Waals surface area contributed by atoms with E-state index in [2.05, 4.69) is 17.2 Å². The minimum absolute atomic E-state index is 0.146. The molecule has 3 rings (SSSR count). The van der Waals surface area contributed by atoms with Crippen LogP contribution in [0.3, 0.4) is 0 Å². The fraction of sp³-hybridized carbons (Fsp3) is 0.444. The molecule has 5 nitrogen and oxygen atoms in total. The molecule has 23 heavy (non-hydrogen) atoms.